The summed E-state index contributed by atoms with van der Waals surface area (Å²) in [4.78, 5) is 4.31. The number of alkyl halides is 1. The standard InChI is InChI=1S/C13H25IN2O3S2Si/c1-13(2,3)9(6-7-10(14)19-22(4)5)12-16-8-11(20-12)21(15,17)18/h8-10,22H,6-7H2,1-5H3,(H2,15,17,18). The molecule has 0 saturated heterocycles. The van der Waals surface area contributed by atoms with Crippen LogP contribution in [0.2, 0.25) is 13.1 Å². The largest absolute Gasteiger partial charge is 0.409 e. The summed E-state index contributed by atoms with van der Waals surface area (Å²) in [6.45, 7) is 10.8. The van der Waals surface area contributed by atoms with Gasteiger partial charge in [-0.3, -0.25) is 0 Å². The van der Waals surface area contributed by atoms with E-state index in [1.165, 1.54) is 17.5 Å². The Morgan fingerprint density at radius 1 is 1.41 bits per heavy atom. The molecule has 0 spiro atoms. The van der Waals surface area contributed by atoms with E-state index in [0.29, 0.717) is 0 Å². The Bertz CT molecular complexity index is 584. The predicted octanol–water partition coefficient (Wildman–Crippen LogP) is 3.46. The summed E-state index contributed by atoms with van der Waals surface area (Å²) in [6, 6.07) is 0. The highest BCUT2D eigenvalue weighted by Crippen LogP contribution is 2.41. The molecule has 128 valence electrons. The molecule has 0 bridgehead atoms. The van der Waals surface area contributed by atoms with Crippen LogP contribution in [0.3, 0.4) is 0 Å². The Hall–Kier alpha value is 0.447. The van der Waals surface area contributed by atoms with Gasteiger partial charge in [-0.05, 0) is 31.4 Å². The van der Waals surface area contributed by atoms with Gasteiger partial charge in [-0.2, -0.15) is 0 Å². The molecule has 2 unspecified atom stereocenters. The number of primary sulfonamides is 1. The molecule has 9 heteroatoms. The van der Waals surface area contributed by atoms with Crippen molar-refractivity contribution in [2.45, 2.75) is 60.9 Å². The highest BCUT2D eigenvalue weighted by Gasteiger charge is 2.30. The summed E-state index contributed by atoms with van der Waals surface area (Å²) in [5.41, 5.74) is -0.000890. The topological polar surface area (TPSA) is 82.3 Å². The fourth-order valence-corrected chi connectivity index (χ4v) is 6.95. The fourth-order valence-electron chi connectivity index (χ4n) is 2.15. The van der Waals surface area contributed by atoms with Crippen molar-refractivity contribution in [2.24, 2.45) is 10.6 Å². The summed E-state index contributed by atoms with van der Waals surface area (Å²) >= 11 is 3.52. The molecule has 2 atom stereocenters. The molecular weight excluding hydrogens is 451 g/mol. The lowest BCUT2D eigenvalue weighted by Gasteiger charge is -2.30. The molecule has 1 aromatic rings. The number of halogens is 1. The van der Waals surface area contributed by atoms with Gasteiger partial charge in [0.25, 0.3) is 0 Å². The van der Waals surface area contributed by atoms with Gasteiger partial charge in [0, 0.05) is 5.92 Å². The van der Waals surface area contributed by atoms with Gasteiger partial charge < -0.3 is 4.43 Å². The molecule has 0 aliphatic carbocycles. The lowest BCUT2D eigenvalue weighted by molar-refractivity contribution is 0.251. The van der Waals surface area contributed by atoms with E-state index in [1.807, 2.05) is 0 Å². The maximum absolute atomic E-state index is 11.4. The number of rotatable bonds is 7. The molecule has 1 rings (SSSR count). The van der Waals surface area contributed by atoms with Gasteiger partial charge in [0.1, 0.15) is 0 Å². The van der Waals surface area contributed by atoms with Crippen LogP contribution in [0.15, 0.2) is 10.4 Å². The Morgan fingerprint density at radius 3 is 2.41 bits per heavy atom. The predicted molar refractivity (Wildman–Crippen MR) is 103 cm³/mol. The molecular formula is C13H25IN2O3S2Si. The SMILES string of the molecule is C[SiH](C)OC(I)CCC(c1ncc(S(N)(=O)=O)s1)C(C)(C)C. The minimum atomic E-state index is -3.67. The summed E-state index contributed by atoms with van der Waals surface area (Å²) in [5, 5.41) is 6.02. The highest BCUT2D eigenvalue weighted by molar-refractivity contribution is 14.1. The van der Waals surface area contributed by atoms with Crippen LogP contribution in [0, 0.1) is 5.41 Å². The van der Waals surface area contributed by atoms with Crippen LogP contribution in [0.1, 0.15) is 44.5 Å². The van der Waals surface area contributed by atoms with Gasteiger partial charge in [0.05, 0.1) is 15.3 Å². The third-order valence-electron chi connectivity index (χ3n) is 3.23. The van der Waals surface area contributed by atoms with Crippen molar-refractivity contribution in [1.29, 1.82) is 0 Å². The van der Waals surface area contributed by atoms with Crippen LogP contribution in [-0.2, 0) is 14.4 Å². The second-order valence-electron chi connectivity index (χ2n) is 6.65. The van der Waals surface area contributed by atoms with E-state index >= 15 is 0 Å². The number of sulfonamides is 1. The average molecular weight is 476 g/mol. The second-order valence-corrected chi connectivity index (χ2v) is 13.3. The second kappa shape index (κ2) is 8.02. The van der Waals surface area contributed by atoms with Gasteiger partial charge >= 0.3 is 0 Å². The monoisotopic (exact) mass is 476 g/mol. The molecule has 0 fully saturated rings. The van der Waals surface area contributed by atoms with Crippen LogP contribution in [-0.4, -0.2) is 26.6 Å². The Balaban J connectivity index is 2.89. The molecule has 2 N–H and O–H groups in total. The third-order valence-corrected chi connectivity index (χ3v) is 8.09. The molecule has 0 aliphatic heterocycles. The van der Waals surface area contributed by atoms with Crippen molar-refractivity contribution in [1.82, 2.24) is 4.98 Å². The number of thiazole rings is 1. The minimum absolute atomic E-state index is 0.000890. The van der Waals surface area contributed by atoms with E-state index < -0.39 is 19.1 Å². The maximum atomic E-state index is 11.4. The molecule has 1 aromatic heterocycles. The first-order valence-corrected chi connectivity index (χ1v) is 13.6. The van der Waals surface area contributed by atoms with E-state index in [-0.39, 0.29) is 19.7 Å². The van der Waals surface area contributed by atoms with E-state index in [2.05, 4.69) is 61.4 Å². The zero-order valence-corrected chi connectivity index (χ0v) is 18.6. The Labute approximate surface area is 153 Å². The van der Waals surface area contributed by atoms with Crippen LogP contribution in [0.4, 0.5) is 0 Å². The van der Waals surface area contributed by atoms with Crippen molar-refractivity contribution in [3.8, 4) is 0 Å². The zero-order chi connectivity index (χ0) is 17.1. The molecule has 22 heavy (non-hydrogen) atoms. The zero-order valence-electron chi connectivity index (χ0n) is 13.7. The highest BCUT2D eigenvalue weighted by atomic mass is 127. The molecule has 0 saturated carbocycles. The first kappa shape index (κ1) is 20.5. The van der Waals surface area contributed by atoms with Gasteiger partial charge in [-0.25, -0.2) is 18.5 Å². The molecule has 0 amide bonds. The number of nitrogens with zero attached hydrogens (tertiary/aromatic N) is 1. The summed E-state index contributed by atoms with van der Waals surface area (Å²) in [7, 11) is -4.71. The van der Waals surface area contributed by atoms with E-state index in [1.54, 1.807) is 0 Å². The minimum Gasteiger partial charge on any atom is -0.409 e. The van der Waals surface area contributed by atoms with Crippen molar-refractivity contribution in [3.63, 3.8) is 0 Å². The van der Waals surface area contributed by atoms with Gasteiger partial charge in [0.2, 0.25) is 10.0 Å². The summed E-state index contributed by atoms with van der Waals surface area (Å²) in [6.07, 6.45) is 3.21. The fraction of sp³-hybridized carbons (Fsp3) is 0.769. The molecule has 1 heterocycles. The lowest BCUT2D eigenvalue weighted by atomic mass is 9.78. The van der Waals surface area contributed by atoms with Crippen molar-refractivity contribution in [2.75, 3.05) is 0 Å². The third kappa shape index (κ3) is 6.52. The van der Waals surface area contributed by atoms with Gasteiger partial charge in [-0.1, -0.05) is 43.4 Å². The van der Waals surface area contributed by atoms with Crippen LogP contribution < -0.4 is 5.14 Å². The summed E-state index contributed by atoms with van der Waals surface area (Å²) < 4.78 is 29.1. The number of hydrogen-bond donors (Lipinski definition) is 1. The number of aromatic nitrogens is 1. The normalized spacial score (nSPS) is 16.0. The van der Waals surface area contributed by atoms with Crippen LogP contribution >= 0.6 is 33.9 Å². The Kier molecular flexibility index (Phi) is 7.47. The lowest BCUT2D eigenvalue weighted by Crippen LogP contribution is -2.21. The number of hydrogen-bond acceptors (Lipinski definition) is 5. The molecule has 5 nitrogen and oxygen atoms in total. The average Bonchev–Trinajstić information content (AvgIpc) is 2.75. The van der Waals surface area contributed by atoms with E-state index in [9.17, 15) is 8.42 Å². The first-order chi connectivity index (χ1) is 9.91. The van der Waals surface area contributed by atoms with Crippen molar-refractivity contribution in [3.05, 3.63) is 11.2 Å². The van der Waals surface area contributed by atoms with E-state index in [0.717, 1.165) is 17.8 Å². The molecule has 0 aliphatic rings. The maximum Gasteiger partial charge on any atom is 0.249 e. The van der Waals surface area contributed by atoms with Gasteiger partial charge in [0.15, 0.2) is 13.2 Å². The first-order valence-electron chi connectivity index (χ1n) is 7.19. The molecule has 0 radical (unpaired) electrons. The smallest absolute Gasteiger partial charge is 0.249 e. The summed E-state index contributed by atoms with van der Waals surface area (Å²) in [5.74, 6) is 0.183. The van der Waals surface area contributed by atoms with E-state index in [4.69, 9.17) is 9.56 Å². The quantitative estimate of drug-likeness (QED) is 0.371. The van der Waals surface area contributed by atoms with Crippen LogP contribution in [0.25, 0.3) is 0 Å². The van der Waals surface area contributed by atoms with Gasteiger partial charge in [-0.15, -0.1) is 11.3 Å². The Morgan fingerprint density at radius 2 is 2.00 bits per heavy atom. The van der Waals surface area contributed by atoms with Crippen molar-refractivity contribution >= 4 is 53.0 Å². The van der Waals surface area contributed by atoms with Crippen LogP contribution in [0.5, 0.6) is 0 Å². The number of nitrogens with two attached hydrogens (primary N) is 1. The van der Waals surface area contributed by atoms with Crippen molar-refractivity contribution < 1.29 is 12.8 Å². The molecule has 0 aromatic carbocycles.